The quantitative estimate of drug-likeness (QED) is 0.788. The van der Waals surface area contributed by atoms with Gasteiger partial charge in [0.1, 0.15) is 0 Å². The molecule has 2 rings (SSSR count). The van der Waals surface area contributed by atoms with Crippen molar-refractivity contribution in [1.29, 1.82) is 0 Å². The number of nitrogens with zero attached hydrogens (tertiary/aromatic N) is 2. The molecule has 2 heterocycles. The third kappa shape index (κ3) is 4.13. The van der Waals surface area contributed by atoms with Gasteiger partial charge in [-0.2, -0.15) is 0 Å². The highest BCUT2D eigenvalue weighted by Gasteiger charge is 2.19. The molecule has 6 heteroatoms. The van der Waals surface area contributed by atoms with Gasteiger partial charge in [-0.25, -0.2) is 0 Å². The molecule has 1 aliphatic heterocycles. The summed E-state index contributed by atoms with van der Waals surface area (Å²) in [5.41, 5.74) is 7.04. The highest BCUT2D eigenvalue weighted by atomic mass is 16.2. The first-order valence-electron chi connectivity index (χ1n) is 7.00. The zero-order valence-corrected chi connectivity index (χ0v) is 12.1. The van der Waals surface area contributed by atoms with Crippen LogP contribution >= 0.6 is 0 Å². The van der Waals surface area contributed by atoms with Crippen molar-refractivity contribution in [2.75, 3.05) is 20.1 Å². The molecule has 1 aromatic rings. The molecule has 1 fully saturated rings. The Morgan fingerprint density at radius 2 is 2.29 bits per heavy atom. The Balaban J connectivity index is 2.03. The number of rotatable bonds is 3. The number of aromatic nitrogens is 1. The van der Waals surface area contributed by atoms with E-state index < -0.39 is 0 Å². The normalized spacial score (nSPS) is 18.8. The molecule has 1 atom stereocenters. The molecule has 0 bridgehead atoms. The van der Waals surface area contributed by atoms with E-state index in [1.807, 2.05) is 0 Å². The minimum absolute atomic E-state index is 0.0597. The summed E-state index contributed by atoms with van der Waals surface area (Å²) in [6.45, 7) is 1.34. The van der Waals surface area contributed by atoms with Gasteiger partial charge in [0, 0.05) is 44.6 Å². The number of piperidine rings is 1. The van der Waals surface area contributed by atoms with Crippen molar-refractivity contribution in [2.24, 2.45) is 5.73 Å². The summed E-state index contributed by atoms with van der Waals surface area (Å²) in [4.78, 5) is 29.3. The maximum Gasteiger partial charge on any atom is 0.252 e. The second-order valence-electron chi connectivity index (χ2n) is 5.11. The number of carbonyl (C=O) groups excluding carboxylic acids is 2. The van der Waals surface area contributed by atoms with Crippen LogP contribution in [0.1, 0.15) is 28.8 Å². The molecule has 1 saturated heterocycles. The predicted molar refractivity (Wildman–Crippen MR) is 80.5 cm³/mol. The number of pyridine rings is 1. The van der Waals surface area contributed by atoms with Crippen molar-refractivity contribution in [3.8, 4) is 0 Å². The Labute approximate surface area is 124 Å². The second kappa shape index (κ2) is 6.99. The zero-order valence-electron chi connectivity index (χ0n) is 12.1. The Morgan fingerprint density at radius 3 is 3.00 bits per heavy atom. The fourth-order valence-electron chi connectivity index (χ4n) is 2.30. The first-order chi connectivity index (χ1) is 10.1. The fourth-order valence-corrected chi connectivity index (χ4v) is 2.30. The Morgan fingerprint density at radius 1 is 1.48 bits per heavy atom. The van der Waals surface area contributed by atoms with Crippen molar-refractivity contribution in [2.45, 2.75) is 18.9 Å². The Kier molecular flexibility index (Phi) is 5.05. The molecule has 1 unspecified atom stereocenters. The van der Waals surface area contributed by atoms with Gasteiger partial charge in [-0.3, -0.25) is 14.6 Å². The number of nitrogens with one attached hydrogen (secondary N) is 1. The highest BCUT2D eigenvalue weighted by molar-refractivity contribution is 5.95. The van der Waals surface area contributed by atoms with Crippen LogP contribution in [0.5, 0.6) is 0 Å². The van der Waals surface area contributed by atoms with Crippen LogP contribution in [0.4, 0.5) is 0 Å². The third-order valence-corrected chi connectivity index (χ3v) is 3.44. The van der Waals surface area contributed by atoms with Crippen molar-refractivity contribution in [3.63, 3.8) is 0 Å². The van der Waals surface area contributed by atoms with Crippen LogP contribution in [0, 0.1) is 0 Å². The highest BCUT2D eigenvalue weighted by Crippen LogP contribution is 2.10. The van der Waals surface area contributed by atoms with Gasteiger partial charge in [0.05, 0.1) is 5.56 Å². The largest absolute Gasteiger partial charge is 0.355 e. The average Bonchev–Trinajstić information content (AvgIpc) is 2.52. The van der Waals surface area contributed by atoms with Gasteiger partial charge < -0.3 is 16.0 Å². The number of carbonyl (C=O) groups is 2. The van der Waals surface area contributed by atoms with Crippen LogP contribution < -0.4 is 11.1 Å². The van der Waals surface area contributed by atoms with E-state index in [0.717, 1.165) is 19.4 Å². The molecule has 0 aromatic carbocycles. The smallest absolute Gasteiger partial charge is 0.252 e. The van der Waals surface area contributed by atoms with E-state index in [4.69, 9.17) is 5.73 Å². The molecule has 6 nitrogen and oxygen atoms in total. The Bertz CT molecular complexity index is 556. The van der Waals surface area contributed by atoms with Crippen LogP contribution in [0.25, 0.3) is 6.08 Å². The lowest BCUT2D eigenvalue weighted by Crippen LogP contribution is -2.45. The molecular formula is C15H20N4O2. The molecule has 2 amide bonds. The number of hydrogen-bond donors (Lipinski definition) is 2. The van der Waals surface area contributed by atoms with Gasteiger partial charge in [-0.1, -0.05) is 0 Å². The van der Waals surface area contributed by atoms with Crippen molar-refractivity contribution in [3.05, 3.63) is 35.7 Å². The molecule has 112 valence electrons. The molecular weight excluding hydrogens is 268 g/mol. The summed E-state index contributed by atoms with van der Waals surface area (Å²) in [5.74, 6) is -0.262. The van der Waals surface area contributed by atoms with Crippen molar-refractivity contribution >= 4 is 17.9 Å². The van der Waals surface area contributed by atoms with Gasteiger partial charge in [0.2, 0.25) is 5.91 Å². The van der Waals surface area contributed by atoms with E-state index in [1.165, 1.54) is 12.3 Å². The van der Waals surface area contributed by atoms with E-state index in [2.05, 4.69) is 10.3 Å². The van der Waals surface area contributed by atoms with Gasteiger partial charge in [0.25, 0.3) is 5.91 Å². The van der Waals surface area contributed by atoms with Gasteiger partial charge in [0.15, 0.2) is 0 Å². The van der Waals surface area contributed by atoms with Crippen LogP contribution in [0.15, 0.2) is 24.5 Å². The molecule has 21 heavy (non-hydrogen) atoms. The maximum atomic E-state index is 12.1. The summed E-state index contributed by atoms with van der Waals surface area (Å²) in [5, 5.41) is 2.54. The third-order valence-electron chi connectivity index (χ3n) is 3.44. The lowest BCUT2D eigenvalue weighted by atomic mass is 10.1. The molecule has 0 saturated carbocycles. The second-order valence-corrected chi connectivity index (χ2v) is 5.11. The standard InChI is InChI=1S/C15H20N4O2/c1-17-15(21)12-7-11(8-18-9-12)4-5-14(20)19-6-2-3-13(16)10-19/h4-5,7-9,13H,2-3,6,10,16H2,1H3,(H,17,21)/b5-4+. The Hall–Kier alpha value is -2.21. The van der Waals surface area contributed by atoms with Crippen molar-refractivity contribution in [1.82, 2.24) is 15.2 Å². The topological polar surface area (TPSA) is 88.3 Å². The first-order valence-corrected chi connectivity index (χ1v) is 7.00. The summed E-state index contributed by atoms with van der Waals surface area (Å²) in [6.07, 6.45) is 8.17. The number of likely N-dealkylation sites (tertiary alicyclic amines) is 1. The van der Waals surface area contributed by atoms with Gasteiger partial charge in [-0.05, 0) is 30.5 Å². The fraction of sp³-hybridized carbons (Fsp3) is 0.400. The average molecular weight is 288 g/mol. The molecule has 0 radical (unpaired) electrons. The van der Waals surface area contributed by atoms with Gasteiger partial charge >= 0.3 is 0 Å². The lowest BCUT2D eigenvalue weighted by molar-refractivity contribution is -0.127. The lowest BCUT2D eigenvalue weighted by Gasteiger charge is -2.29. The van der Waals surface area contributed by atoms with Crippen LogP contribution in [-0.4, -0.2) is 47.9 Å². The summed E-state index contributed by atoms with van der Waals surface area (Å²) < 4.78 is 0. The van der Waals surface area contributed by atoms with Gasteiger partial charge in [-0.15, -0.1) is 0 Å². The first kappa shape index (κ1) is 15.2. The summed E-state index contributed by atoms with van der Waals surface area (Å²) in [6, 6.07) is 1.76. The minimum atomic E-state index is -0.203. The van der Waals surface area contributed by atoms with Crippen LogP contribution in [0.3, 0.4) is 0 Å². The molecule has 0 spiro atoms. The number of amides is 2. The minimum Gasteiger partial charge on any atom is -0.355 e. The number of nitrogens with two attached hydrogens (primary N) is 1. The van der Waals surface area contributed by atoms with E-state index in [0.29, 0.717) is 17.7 Å². The summed E-state index contributed by atoms with van der Waals surface area (Å²) >= 11 is 0. The van der Waals surface area contributed by atoms with Crippen LogP contribution in [0.2, 0.25) is 0 Å². The van der Waals surface area contributed by atoms with E-state index >= 15 is 0 Å². The molecule has 0 aliphatic carbocycles. The van der Waals surface area contributed by atoms with E-state index in [-0.39, 0.29) is 17.9 Å². The molecule has 1 aromatic heterocycles. The summed E-state index contributed by atoms with van der Waals surface area (Å²) in [7, 11) is 1.56. The molecule has 3 N–H and O–H groups in total. The maximum absolute atomic E-state index is 12.1. The predicted octanol–water partition coefficient (Wildman–Crippen LogP) is 0.404. The number of hydrogen-bond acceptors (Lipinski definition) is 4. The van der Waals surface area contributed by atoms with E-state index in [9.17, 15) is 9.59 Å². The van der Waals surface area contributed by atoms with Crippen LogP contribution in [-0.2, 0) is 4.79 Å². The molecule has 1 aliphatic rings. The van der Waals surface area contributed by atoms with E-state index in [1.54, 1.807) is 30.3 Å². The zero-order chi connectivity index (χ0) is 15.2. The van der Waals surface area contributed by atoms with Crippen molar-refractivity contribution < 1.29 is 9.59 Å². The SMILES string of the molecule is CNC(=O)c1cncc(/C=C/C(=O)N2CCCC(N)C2)c1. The monoisotopic (exact) mass is 288 g/mol.